The number of aromatic nitrogens is 2. The molecule has 1 fully saturated rings. The van der Waals surface area contributed by atoms with E-state index < -0.39 is 65.8 Å². The first kappa shape index (κ1) is 72.9. The maximum atomic E-state index is 14.6. The summed E-state index contributed by atoms with van der Waals surface area (Å²) in [5.41, 5.74) is 8.21. The number of aliphatic hydroxyl groups is 3. The molecular formula is C69H89FN6O16S. The molecule has 0 saturated carbocycles. The smallest absolute Gasteiger partial charge is 0.305 e. The zero-order valence-corrected chi connectivity index (χ0v) is 54.6. The van der Waals surface area contributed by atoms with Crippen LogP contribution in [0, 0.1) is 18.2 Å². The molecule has 7 rings (SSSR count). The second-order valence-electron chi connectivity index (χ2n) is 24.0. The Labute approximate surface area is 546 Å². The normalized spacial score (nSPS) is 15.1. The van der Waals surface area contributed by atoms with Crippen LogP contribution in [-0.4, -0.2) is 187 Å². The van der Waals surface area contributed by atoms with Gasteiger partial charge in [0.2, 0.25) is 17.7 Å². The predicted octanol–water partition coefficient (Wildman–Crippen LogP) is 8.03. The van der Waals surface area contributed by atoms with E-state index in [-0.39, 0.29) is 83.1 Å². The number of benzene rings is 4. The van der Waals surface area contributed by atoms with Crippen LogP contribution >= 0.6 is 11.3 Å². The number of likely N-dealkylation sites (tertiary alicyclic amines) is 1. The number of β-amino-alcohol motifs (C(OH)–C–C–N with tert-alkyl or cyclic N) is 1. The molecule has 24 heteroatoms. The number of hydrogen-bond donors (Lipinski definition) is 7. The van der Waals surface area contributed by atoms with Gasteiger partial charge in [0.05, 0.1) is 125 Å². The van der Waals surface area contributed by atoms with Crippen molar-refractivity contribution in [2.24, 2.45) is 5.41 Å². The minimum atomic E-state index is -1.24. The topological polar surface area (TPSA) is 288 Å². The Kier molecular flexibility index (Phi) is 28.9. The van der Waals surface area contributed by atoms with E-state index in [0.717, 1.165) is 27.3 Å². The van der Waals surface area contributed by atoms with E-state index >= 15 is 0 Å². The number of carbonyl (C=O) groups is 5. The average molecular weight is 1310 g/mol. The number of hydrogen-bond acceptors (Lipinski definition) is 17. The van der Waals surface area contributed by atoms with Crippen LogP contribution < -0.4 is 20.7 Å². The van der Waals surface area contributed by atoms with Gasteiger partial charge in [0.15, 0.2) is 0 Å². The lowest BCUT2D eigenvalue weighted by atomic mass is 9.85. The summed E-state index contributed by atoms with van der Waals surface area (Å²) < 4.78 is 55.7. The average Bonchev–Trinajstić information content (AvgIpc) is 1.59. The largest absolute Gasteiger partial charge is 0.491 e. The maximum absolute atomic E-state index is 14.6. The van der Waals surface area contributed by atoms with Crippen molar-refractivity contribution in [1.29, 1.82) is 0 Å². The summed E-state index contributed by atoms with van der Waals surface area (Å²) in [7, 11) is 0. The fraction of sp³-hybridized carbons (Fsp3) is 0.478. The van der Waals surface area contributed by atoms with Gasteiger partial charge in [-0.15, -0.1) is 11.3 Å². The van der Waals surface area contributed by atoms with Gasteiger partial charge in [-0.1, -0.05) is 89.2 Å². The number of aliphatic carboxylic acids is 1. The zero-order chi connectivity index (χ0) is 66.9. The van der Waals surface area contributed by atoms with Crippen molar-refractivity contribution in [3.63, 3.8) is 0 Å². The number of aliphatic hydroxyl groups excluding tert-OH is 3. The van der Waals surface area contributed by atoms with Crippen molar-refractivity contribution >= 4 is 46.6 Å². The Hall–Kier alpha value is -7.49. The number of amides is 4. The monoisotopic (exact) mass is 1310 g/mol. The summed E-state index contributed by atoms with van der Waals surface area (Å²) in [6.07, 6.45) is -3.60. The van der Waals surface area contributed by atoms with Crippen LogP contribution in [0.2, 0.25) is 0 Å². The first-order valence-electron chi connectivity index (χ1n) is 31.4. The Bertz CT molecular complexity index is 3310. The van der Waals surface area contributed by atoms with E-state index in [1.54, 1.807) is 53.2 Å². The van der Waals surface area contributed by atoms with Gasteiger partial charge in [-0.3, -0.25) is 24.0 Å². The Morgan fingerprint density at radius 2 is 1.31 bits per heavy atom. The number of carboxylic acid groups (broad SMARTS) is 1. The molecule has 504 valence electrons. The number of thiazole rings is 1. The lowest BCUT2D eigenvalue weighted by molar-refractivity contribution is -0.144. The van der Waals surface area contributed by atoms with Gasteiger partial charge < -0.3 is 79.0 Å². The molecule has 0 radical (unpaired) electrons. The highest BCUT2D eigenvalue weighted by Crippen LogP contribution is 2.43. The number of aryl methyl sites for hydroxylation is 1. The molecule has 0 unspecified atom stereocenters. The number of ether oxygens (including phenoxy) is 7. The minimum absolute atomic E-state index is 0.0343. The Balaban J connectivity index is 0.726. The highest BCUT2D eigenvalue weighted by molar-refractivity contribution is 7.13. The number of nitrogens with one attached hydrogen (secondary N) is 3. The van der Waals surface area contributed by atoms with Crippen molar-refractivity contribution < 1.29 is 81.9 Å². The van der Waals surface area contributed by atoms with Crippen molar-refractivity contribution in [2.75, 3.05) is 97.8 Å². The van der Waals surface area contributed by atoms with Gasteiger partial charge in [-0.25, -0.2) is 9.37 Å². The van der Waals surface area contributed by atoms with Crippen molar-refractivity contribution in [1.82, 2.24) is 25.1 Å². The summed E-state index contributed by atoms with van der Waals surface area (Å²) in [6.45, 7) is 15.1. The van der Waals surface area contributed by atoms with Crippen LogP contribution in [0.5, 0.6) is 5.75 Å². The molecule has 22 nitrogen and oxygen atoms in total. The minimum Gasteiger partial charge on any atom is -0.491 e. The van der Waals surface area contributed by atoms with Gasteiger partial charge in [-0.05, 0) is 102 Å². The van der Waals surface area contributed by atoms with E-state index in [1.165, 1.54) is 17.0 Å². The number of carbonyl (C=O) groups excluding carboxylic acids is 4. The highest BCUT2D eigenvalue weighted by Gasteiger charge is 2.44. The third-order valence-electron chi connectivity index (χ3n) is 15.3. The molecule has 1 aliphatic heterocycles. The molecule has 5 atom stereocenters. The number of anilines is 1. The lowest BCUT2D eigenvalue weighted by Gasteiger charge is -2.35. The first-order chi connectivity index (χ1) is 44.7. The first-order valence-corrected chi connectivity index (χ1v) is 32.3. The highest BCUT2D eigenvalue weighted by atomic mass is 32.1. The third-order valence-corrected chi connectivity index (χ3v) is 16.3. The van der Waals surface area contributed by atoms with Crippen molar-refractivity contribution in [3.8, 4) is 38.6 Å². The molecular weight excluding hydrogens is 1220 g/mol. The predicted molar refractivity (Wildman–Crippen MR) is 349 cm³/mol. The molecule has 7 N–H and O–H groups in total. The number of rotatable bonds is 39. The fourth-order valence-corrected chi connectivity index (χ4v) is 11.6. The molecule has 3 heterocycles. The summed E-state index contributed by atoms with van der Waals surface area (Å²) in [4.78, 5) is 73.0. The van der Waals surface area contributed by atoms with Crippen LogP contribution in [0.15, 0.2) is 109 Å². The molecule has 4 amide bonds. The third kappa shape index (κ3) is 22.6. The summed E-state index contributed by atoms with van der Waals surface area (Å²) in [6, 6.07) is 28.3. The van der Waals surface area contributed by atoms with E-state index in [0.29, 0.717) is 99.0 Å². The molecule has 6 aromatic rings. The van der Waals surface area contributed by atoms with Crippen LogP contribution in [0.25, 0.3) is 32.8 Å². The molecule has 0 aliphatic carbocycles. The second kappa shape index (κ2) is 36.8. The van der Waals surface area contributed by atoms with Gasteiger partial charge in [0, 0.05) is 43.0 Å². The van der Waals surface area contributed by atoms with Gasteiger partial charge in [0.25, 0.3) is 5.91 Å². The zero-order valence-electron chi connectivity index (χ0n) is 53.8. The number of halogens is 1. The molecule has 1 aliphatic rings. The molecule has 4 aromatic carbocycles. The lowest BCUT2D eigenvalue weighted by Crippen LogP contribution is -2.58. The maximum Gasteiger partial charge on any atom is 0.305 e. The van der Waals surface area contributed by atoms with E-state index in [4.69, 9.17) is 38.3 Å². The second-order valence-corrected chi connectivity index (χ2v) is 24.8. The Morgan fingerprint density at radius 1 is 0.731 bits per heavy atom. The van der Waals surface area contributed by atoms with Crippen molar-refractivity contribution in [3.05, 3.63) is 137 Å². The number of carboxylic acids is 1. The SMILES string of the molecule is Cc1ncsc1-c1ccc(CNC(=O)[C@@H]2C[C@@H](O)CN2C(=O)[C@@H](NC(=O)COCCOCCOCCOCCOCCOCCOc2ccc(NC(=O)c3c(-c4ccccc4)c(-c4ccc(F)cc4)n(CC[C@H](O)C[C@H](O)CC(=O)O)c3C(C)C)cc2)C(C)(C)C)cc1. The van der Waals surface area contributed by atoms with Crippen molar-refractivity contribution in [2.45, 2.75) is 117 Å². The van der Waals surface area contributed by atoms with Crippen LogP contribution in [0.4, 0.5) is 10.1 Å². The summed E-state index contributed by atoms with van der Waals surface area (Å²) >= 11 is 1.56. The van der Waals surface area contributed by atoms with Gasteiger partial charge in [-0.2, -0.15) is 0 Å². The van der Waals surface area contributed by atoms with Crippen LogP contribution in [-0.2, 0) is 60.7 Å². The standard InChI is InChI=1S/C69H89FN6O16S/c1-45(2)62-61(60(48-10-8-7-9-11-48)63(49-16-18-51(70)19-17-49)75(62)25-24-53(77)38-54(78)40-59(81)82)67(84)73-52-20-22-56(23-21-52)92-37-36-90-33-32-88-29-28-86-26-27-87-30-31-89-34-35-91-43-58(80)74-65(69(4,5)6)68(85)76-42-55(79)39-57(76)66(83)71-41-47-12-14-50(15-13-47)64-46(3)72-44-93-64/h7-23,44-45,53-55,57,65,77-79H,24-43H2,1-6H3,(H,71,83)(H,73,84)(H,74,80)(H,81,82)/t53-,54-,55+,57-,65+/m0/s1. The molecule has 2 aromatic heterocycles. The quantitative estimate of drug-likeness (QED) is 0.0180. The molecule has 93 heavy (non-hydrogen) atoms. The van der Waals surface area contributed by atoms with E-state index in [2.05, 4.69) is 20.9 Å². The molecule has 0 bridgehead atoms. The van der Waals surface area contributed by atoms with Gasteiger partial charge in [0.1, 0.15) is 36.9 Å². The van der Waals surface area contributed by atoms with Crippen LogP contribution in [0.1, 0.15) is 93.5 Å². The Morgan fingerprint density at radius 3 is 1.87 bits per heavy atom. The van der Waals surface area contributed by atoms with E-state index in [1.807, 2.05) is 101 Å². The summed E-state index contributed by atoms with van der Waals surface area (Å²) in [5, 5.41) is 49.7. The summed E-state index contributed by atoms with van der Waals surface area (Å²) in [5.74, 6) is -2.97. The van der Waals surface area contributed by atoms with E-state index in [9.17, 15) is 43.7 Å². The number of nitrogens with zero attached hydrogens (tertiary/aromatic N) is 3. The van der Waals surface area contributed by atoms with Gasteiger partial charge >= 0.3 is 5.97 Å². The molecule has 1 saturated heterocycles. The fourth-order valence-electron chi connectivity index (χ4n) is 10.8. The van der Waals surface area contributed by atoms with Crippen LogP contribution in [0.3, 0.4) is 0 Å². The molecule has 0 spiro atoms.